The zero-order valence-corrected chi connectivity index (χ0v) is 10.1. The summed E-state index contributed by atoms with van der Waals surface area (Å²) in [4.78, 5) is 8.84. The SMILES string of the molecule is CSc1nc(C)c2c[c]([Al])ccc2n1. The molecule has 1 aromatic carbocycles. The molecule has 2 radical (unpaired) electrons. The van der Waals surface area contributed by atoms with Crippen LogP contribution < -0.4 is 4.43 Å². The Hall–Kier alpha value is -0.558. The number of hydrogen-bond donors (Lipinski definition) is 0. The molecule has 0 unspecified atom stereocenters. The minimum Gasteiger partial charge on any atom is -0.227 e. The molecule has 0 bridgehead atoms. The molecule has 2 aromatic rings. The highest BCUT2D eigenvalue weighted by Gasteiger charge is 2.02. The van der Waals surface area contributed by atoms with Crippen molar-refractivity contribution >= 4 is 43.4 Å². The van der Waals surface area contributed by atoms with Gasteiger partial charge in [-0.3, -0.25) is 0 Å². The number of fused-ring (bicyclic) bond motifs is 1. The van der Waals surface area contributed by atoms with Gasteiger partial charge in [-0.05, 0) is 19.2 Å². The van der Waals surface area contributed by atoms with Crippen molar-refractivity contribution in [2.75, 3.05) is 6.26 Å². The van der Waals surface area contributed by atoms with Gasteiger partial charge in [-0.2, -0.15) is 0 Å². The van der Waals surface area contributed by atoms with Gasteiger partial charge in [0.1, 0.15) is 0 Å². The molecule has 14 heavy (non-hydrogen) atoms. The molecule has 0 saturated carbocycles. The number of nitrogens with zero attached hydrogens (tertiary/aromatic N) is 2. The number of hydrogen-bond acceptors (Lipinski definition) is 3. The van der Waals surface area contributed by atoms with E-state index in [1.54, 1.807) is 11.8 Å². The van der Waals surface area contributed by atoms with Gasteiger partial charge >= 0.3 is 0 Å². The van der Waals surface area contributed by atoms with Gasteiger partial charge in [0.25, 0.3) is 0 Å². The molecule has 2 nitrogen and oxygen atoms in total. The first-order chi connectivity index (χ1) is 6.70. The third kappa shape index (κ3) is 1.78. The molecule has 68 valence electrons. The molecule has 0 aliphatic heterocycles. The van der Waals surface area contributed by atoms with Crippen LogP contribution in [0.1, 0.15) is 5.69 Å². The minimum atomic E-state index is 0.839. The average Bonchev–Trinajstić information content (AvgIpc) is 2.19. The Morgan fingerprint density at radius 3 is 2.79 bits per heavy atom. The number of benzene rings is 1. The summed E-state index contributed by atoms with van der Waals surface area (Å²) >= 11 is 4.26. The van der Waals surface area contributed by atoms with E-state index in [9.17, 15) is 0 Å². The molecule has 1 heterocycles. The predicted molar refractivity (Wildman–Crippen MR) is 61.4 cm³/mol. The van der Waals surface area contributed by atoms with E-state index in [1.165, 1.54) is 4.43 Å². The monoisotopic (exact) mass is 216 g/mol. The van der Waals surface area contributed by atoms with Crippen LogP contribution in [0.4, 0.5) is 0 Å². The Morgan fingerprint density at radius 1 is 1.29 bits per heavy atom. The van der Waals surface area contributed by atoms with Crippen molar-refractivity contribution < 1.29 is 0 Å². The van der Waals surface area contributed by atoms with E-state index in [0.717, 1.165) is 21.8 Å². The molecule has 4 heteroatoms. The highest BCUT2D eigenvalue weighted by molar-refractivity contribution is 7.98. The minimum absolute atomic E-state index is 0.839. The Kier molecular flexibility index (Phi) is 2.78. The van der Waals surface area contributed by atoms with Crippen LogP contribution >= 0.6 is 11.8 Å². The van der Waals surface area contributed by atoms with Crippen LogP contribution in [-0.2, 0) is 0 Å². The first kappa shape index (κ1) is 9.98. The summed E-state index contributed by atoms with van der Waals surface area (Å²) in [5.41, 5.74) is 2.07. The van der Waals surface area contributed by atoms with Crippen LogP contribution in [-0.4, -0.2) is 32.5 Å². The highest BCUT2D eigenvalue weighted by atomic mass is 32.2. The fourth-order valence-electron chi connectivity index (χ4n) is 1.36. The van der Waals surface area contributed by atoms with Crippen LogP contribution in [0.15, 0.2) is 23.4 Å². The van der Waals surface area contributed by atoms with Gasteiger partial charge in [0.2, 0.25) is 0 Å². The summed E-state index contributed by atoms with van der Waals surface area (Å²) in [6.07, 6.45) is 1.99. The van der Waals surface area contributed by atoms with E-state index in [1.807, 2.05) is 25.3 Å². The topological polar surface area (TPSA) is 25.8 Å². The van der Waals surface area contributed by atoms with Crippen molar-refractivity contribution in [3.63, 3.8) is 0 Å². The van der Waals surface area contributed by atoms with E-state index in [0.29, 0.717) is 0 Å². The zero-order chi connectivity index (χ0) is 10.1. The Bertz CT molecular complexity index is 485. The van der Waals surface area contributed by atoms with Crippen LogP contribution in [0.5, 0.6) is 0 Å². The molecule has 0 saturated heterocycles. The Balaban J connectivity index is 2.76. The smallest absolute Gasteiger partial charge is 0.188 e. The number of aromatic nitrogens is 2. The van der Waals surface area contributed by atoms with Crippen molar-refractivity contribution in [3.8, 4) is 0 Å². The molecule has 0 N–H and O–H groups in total. The molecule has 0 spiro atoms. The lowest BCUT2D eigenvalue weighted by atomic mass is 10.2. The van der Waals surface area contributed by atoms with Crippen LogP contribution in [0.2, 0.25) is 0 Å². The van der Waals surface area contributed by atoms with Gasteiger partial charge in [-0.15, -0.1) is 4.43 Å². The van der Waals surface area contributed by atoms with Crippen LogP contribution in [0.3, 0.4) is 0 Å². The predicted octanol–water partition coefficient (Wildman–Crippen LogP) is 1.45. The lowest BCUT2D eigenvalue weighted by Gasteiger charge is -2.04. The maximum atomic E-state index is 4.44. The molecule has 1 aromatic heterocycles. The molecule has 0 aliphatic carbocycles. The Labute approximate surface area is 95.6 Å². The fourth-order valence-corrected chi connectivity index (χ4v) is 2.04. The quantitative estimate of drug-likeness (QED) is 0.410. The summed E-state index contributed by atoms with van der Waals surface area (Å²) in [5.74, 6) is 0. The average molecular weight is 216 g/mol. The summed E-state index contributed by atoms with van der Waals surface area (Å²) in [7, 11) is 0. The van der Waals surface area contributed by atoms with Gasteiger partial charge in [-0.25, -0.2) is 9.97 Å². The number of rotatable bonds is 1. The van der Waals surface area contributed by atoms with E-state index in [2.05, 4.69) is 32.3 Å². The molecular weight excluding hydrogens is 207 g/mol. The standard InChI is InChI=1S/C10H9N2S.Al/c1-7-8-5-3-4-6-9(8)12-10(11-7)13-2;/h4-6H,1-2H3;. The van der Waals surface area contributed by atoms with E-state index in [-0.39, 0.29) is 0 Å². The summed E-state index contributed by atoms with van der Waals surface area (Å²) in [6.45, 7) is 2.02. The first-order valence-electron chi connectivity index (χ1n) is 4.28. The molecule has 0 atom stereocenters. The van der Waals surface area contributed by atoms with Crippen molar-refractivity contribution in [2.24, 2.45) is 0 Å². The molecule has 0 fully saturated rings. The van der Waals surface area contributed by atoms with Gasteiger partial charge in [0, 0.05) is 11.1 Å². The molecular formula is C10H9AlN2S. The maximum Gasteiger partial charge on any atom is 0.188 e. The summed E-state index contributed by atoms with van der Waals surface area (Å²) in [5, 5.41) is 1.97. The maximum absolute atomic E-state index is 4.44. The van der Waals surface area contributed by atoms with E-state index >= 15 is 0 Å². The third-order valence-electron chi connectivity index (χ3n) is 2.07. The van der Waals surface area contributed by atoms with E-state index in [4.69, 9.17) is 0 Å². The second-order valence-corrected chi connectivity index (χ2v) is 4.51. The second-order valence-electron chi connectivity index (χ2n) is 3.07. The molecule has 0 amide bonds. The van der Waals surface area contributed by atoms with Crippen LogP contribution in [0.25, 0.3) is 10.9 Å². The highest BCUT2D eigenvalue weighted by Crippen LogP contribution is 2.17. The van der Waals surface area contributed by atoms with Crippen molar-refractivity contribution in [2.45, 2.75) is 12.1 Å². The zero-order valence-electron chi connectivity index (χ0n) is 8.11. The van der Waals surface area contributed by atoms with E-state index < -0.39 is 0 Å². The van der Waals surface area contributed by atoms with Gasteiger partial charge in [-0.1, -0.05) is 23.9 Å². The normalized spacial score (nSPS) is 10.7. The summed E-state index contributed by atoms with van der Waals surface area (Å²) in [6, 6.07) is 6.18. The van der Waals surface area contributed by atoms with Gasteiger partial charge in [0.05, 0.1) is 5.52 Å². The Morgan fingerprint density at radius 2 is 2.07 bits per heavy atom. The molecule has 2 rings (SSSR count). The lowest BCUT2D eigenvalue weighted by Crippen LogP contribution is -2.02. The molecule has 0 aliphatic rings. The second kappa shape index (κ2) is 3.90. The summed E-state index contributed by atoms with van der Waals surface area (Å²) < 4.78 is 1.17. The van der Waals surface area contributed by atoms with Gasteiger partial charge < -0.3 is 0 Å². The van der Waals surface area contributed by atoms with Crippen molar-refractivity contribution in [1.82, 2.24) is 9.97 Å². The van der Waals surface area contributed by atoms with Gasteiger partial charge in [0.15, 0.2) is 21.4 Å². The lowest BCUT2D eigenvalue weighted by molar-refractivity contribution is 0.972. The van der Waals surface area contributed by atoms with Crippen LogP contribution in [0, 0.1) is 6.92 Å². The van der Waals surface area contributed by atoms with Crippen molar-refractivity contribution in [1.29, 1.82) is 0 Å². The number of thioether (sulfide) groups is 1. The third-order valence-corrected chi connectivity index (χ3v) is 2.98. The largest absolute Gasteiger partial charge is 0.227 e. The fraction of sp³-hybridized carbons (Fsp3) is 0.200. The first-order valence-corrected chi connectivity index (χ1v) is 6.09. The van der Waals surface area contributed by atoms with Crippen molar-refractivity contribution in [3.05, 3.63) is 23.9 Å². The number of aryl methyl sites for hydroxylation is 1.